The topological polar surface area (TPSA) is 50.4 Å². The van der Waals surface area contributed by atoms with Crippen LogP contribution in [0.1, 0.15) is 23.4 Å². The molecule has 1 saturated heterocycles. The molecular formula is C17H20ClN3O2. The first-order valence-corrected chi connectivity index (χ1v) is 8.43. The van der Waals surface area contributed by atoms with Gasteiger partial charge in [-0.1, -0.05) is 11.6 Å². The predicted molar refractivity (Wildman–Crippen MR) is 87.7 cm³/mol. The Morgan fingerprint density at radius 2 is 2.22 bits per heavy atom. The minimum atomic E-state index is 0.224. The predicted octanol–water partition coefficient (Wildman–Crippen LogP) is 2.79. The van der Waals surface area contributed by atoms with Gasteiger partial charge in [-0.15, -0.1) is 0 Å². The monoisotopic (exact) mass is 333 g/mol. The lowest BCUT2D eigenvalue weighted by atomic mass is 10.1. The van der Waals surface area contributed by atoms with E-state index >= 15 is 0 Å². The molecule has 5 nitrogen and oxygen atoms in total. The van der Waals surface area contributed by atoms with Crippen LogP contribution in [0.3, 0.4) is 0 Å². The van der Waals surface area contributed by atoms with Crippen molar-refractivity contribution in [1.29, 1.82) is 0 Å². The van der Waals surface area contributed by atoms with Gasteiger partial charge < -0.3 is 9.47 Å². The summed E-state index contributed by atoms with van der Waals surface area (Å²) in [6, 6.07) is 7.57. The molecule has 2 aromatic rings. The van der Waals surface area contributed by atoms with E-state index in [2.05, 4.69) is 15.1 Å². The van der Waals surface area contributed by atoms with Crippen LogP contribution in [-0.4, -0.2) is 40.9 Å². The molecule has 0 radical (unpaired) electrons. The molecule has 0 spiro atoms. The van der Waals surface area contributed by atoms with Crippen molar-refractivity contribution in [3.63, 3.8) is 0 Å². The number of nitrogens with one attached hydrogen (secondary N) is 1. The van der Waals surface area contributed by atoms with Gasteiger partial charge in [-0.3, -0.25) is 10.00 Å². The van der Waals surface area contributed by atoms with Gasteiger partial charge >= 0.3 is 0 Å². The number of aromatic nitrogens is 2. The maximum atomic E-state index is 6.04. The van der Waals surface area contributed by atoms with Gasteiger partial charge in [0.15, 0.2) is 0 Å². The average Bonchev–Trinajstić information content (AvgIpc) is 3.18. The van der Waals surface area contributed by atoms with Crippen LogP contribution in [0.5, 0.6) is 5.75 Å². The van der Waals surface area contributed by atoms with Crippen LogP contribution in [0.4, 0.5) is 0 Å². The van der Waals surface area contributed by atoms with Crippen LogP contribution in [0.2, 0.25) is 5.02 Å². The van der Waals surface area contributed by atoms with E-state index in [9.17, 15) is 0 Å². The average molecular weight is 334 g/mol. The molecule has 0 bridgehead atoms. The number of likely N-dealkylation sites (tertiary alicyclic amines) is 1. The highest BCUT2D eigenvalue weighted by Crippen LogP contribution is 2.24. The molecule has 6 heteroatoms. The van der Waals surface area contributed by atoms with E-state index in [0.29, 0.717) is 6.61 Å². The fourth-order valence-corrected chi connectivity index (χ4v) is 3.38. The van der Waals surface area contributed by atoms with Crippen molar-refractivity contribution in [2.75, 3.05) is 19.7 Å². The standard InChI is InChI=1S/C17H20ClN3O2/c18-12-1-3-13(4-2-12)23-14-5-7-21(9-14)10-17-15-11-22-8-6-16(15)19-20-17/h1-4,14H,5-11H2,(H,19,20). The van der Waals surface area contributed by atoms with Gasteiger partial charge in [-0.2, -0.15) is 5.10 Å². The Labute approximate surface area is 140 Å². The number of ether oxygens (including phenoxy) is 2. The highest BCUT2D eigenvalue weighted by Gasteiger charge is 2.26. The second kappa shape index (κ2) is 6.51. The number of hydrogen-bond acceptors (Lipinski definition) is 4. The summed E-state index contributed by atoms with van der Waals surface area (Å²) in [5.41, 5.74) is 3.60. The SMILES string of the molecule is Clc1ccc(OC2CCN(Cc3n[nH]c4c3COCC4)C2)cc1. The molecule has 0 aliphatic carbocycles. The molecule has 1 aromatic heterocycles. The molecule has 1 fully saturated rings. The lowest BCUT2D eigenvalue weighted by molar-refractivity contribution is 0.109. The van der Waals surface area contributed by atoms with E-state index in [1.807, 2.05) is 24.3 Å². The molecule has 0 amide bonds. The Hall–Kier alpha value is -1.56. The van der Waals surface area contributed by atoms with Gasteiger partial charge in [0.25, 0.3) is 0 Å². The molecule has 3 heterocycles. The maximum absolute atomic E-state index is 6.04. The molecule has 0 saturated carbocycles. The molecular weight excluding hydrogens is 314 g/mol. The van der Waals surface area contributed by atoms with Crippen molar-refractivity contribution in [3.8, 4) is 5.75 Å². The number of hydrogen-bond donors (Lipinski definition) is 1. The number of aromatic amines is 1. The molecule has 122 valence electrons. The third-order valence-corrected chi connectivity index (χ3v) is 4.75. The van der Waals surface area contributed by atoms with Crippen LogP contribution >= 0.6 is 11.6 Å². The van der Waals surface area contributed by atoms with Crippen LogP contribution in [0, 0.1) is 0 Å². The first kappa shape index (κ1) is 15.0. The van der Waals surface area contributed by atoms with Gasteiger partial charge in [0, 0.05) is 42.3 Å². The largest absolute Gasteiger partial charge is 0.489 e. The smallest absolute Gasteiger partial charge is 0.119 e. The van der Waals surface area contributed by atoms with Crippen molar-refractivity contribution in [1.82, 2.24) is 15.1 Å². The summed E-state index contributed by atoms with van der Waals surface area (Å²) in [4.78, 5) is 2.39. The molecule has 1 N–H and O–H groups in total. The fraction of sp³-hybridized carbons (Fsp3) is 0.471. The van der Waals surface area contributed by atoms with Crippen molar-refractivity contribution in [2.45, 2.75) is 32.1 Å². The quantitative estimate of drug-likeness (QED) is 0.934. The molecule has 1 unspecified atom stereocenters. The summed E-state index contributed by atoms with van der Waals surface area (Å²) in [5.74, 6) is 0.881. The lowest BCUT2D eigenvalue weighted by Gasteiger charge is -2.18. The van der Waals surface area contributed by atoms with E-state index in [4.69, 9.17) is 21.1 Å². The van der Waals surface area contributed by atoms with Gasteiger partial charge in [0.05, 0.1) is 18.9 Å². The Balaban J connectivity index is 1.35. The van der Waals surface area contributed by atoms with Gasteiger partial charge in [-0.05, 0) is 30.7 Å². The van der Waals surface area contributed by atoms with Crippen molar-refractivity contribution < 1.29 is 9.47 Å². The zero-order valence-corrected chi connectivity index (χ0v) is 13.7. The zero-order valence-electron chi connectivity index (χ0n) is 12.9. The molecule has 23 heavy (non-hydrogen) atoms. The van der Waals surface area contributed by atoms with E-state index in [1.54, 1.807) is 0 Å². The van der Waals surface area contributed by atoms with E-state index in [0.717, 1.165) is 55.5 Å². The van der Waals surface area contributed by atoms with Gasteiger partial charge in [-0.25, -0.2) is 0 Å². The van der Waals surface area contributed by atoms with Crippen LogP contribution in [0.15, 0.2) is 24.3 Å². The summed E-state index contributed by atoms with van der Waals surface area (Å²) in [6.07, 6.45) is 2.19. The molecule has 2 aliphatic rings. The van der Waals surface area contributed by atoms with Crippen molar-refractivity contribution in [3.05, 3.63) is 46.2 Å². The highest BCUT2D eigenvalue weighted by molar-refractivity contribution is 6.30. The number of fused-ring (bicyclic) bond motifs is 1. The number of benzene rings is 1. The first-order valence-electron chi connectivity index (χ1n) is 8.05. The summed E-state index contributed by atoms with van der Waals surface area (Å²) >= 11 is 5.91. The molecule has 2 aliphatic heterocycles. The minimum absolute atomic E-state index is 0.224. The van der Waals surface area contributed by atoms with E-state index in [-0.39, 0.29) is 6.10 Å². The summed E-state index contributed by atoms with van der Waals surface area (Å²) in [7, 11) is 0. The van der Waals surface area contributed by atoms with Gasteiger partial charge in [0.2, 0.25) is 0 Å². The lowest BCUT2D eigenvalue weighted by Crippen LogP contribution is -2.25. The fourth-order valence-electron chi connectivity index (χ4n) is 3.25. The highest BCUT2D eigenvalue weighted by atomic mass is 35.5. The molecule has 4 rings (SSSR count). The number of rotatable bonds is 4. The first-order chi connectivity index (χ1) is 11.3. The Bertz CT molecular complexity index is 671. The second-order valence-electron chi connectivity index (χ2n) is 6.15. The van der Waals surface area contributed by atoms with Crippen LogP contribution in [0.25, 0.3) is 0 Å². The Morgan fingerprint density at radius 3 is 3.09 bits per heavy atom. The second-order valence-corrected chi connectivity index (χ2v) is 6.58. The zero-order chi connectivity index (χ0) is 15.6. The maximum Gasteiger partial charge on any atom is 0.119 e. The number of halogens is 1. The summed E-state index contributed by atoms with van der Waals surface area (Å²) < 4.78 is 11.6. The minimum Gasteiger partial charge on any atom is -0.489 e. The third kappa shape index (κ3) is 3.37. The summed E-state index contributed by atoms with van der Waals surface area (Å²) in [6.45, 7) is 4.27. The number of H-pyrrole nitrogens is 1. The molecule has 1 atom stereocenters. The van der Waals surface area contributed by atoms with Gasteiger partial charge in [0.1, 0.15) is 11.9 Å². The normalized spacial score (nSPS) is 21.3. The van der Waals surface area contributed by atoms with Crippen molar-refractivity contribution >= 4 is 11.6 Å². The third-order valence-electron chi connectivity index (χ3n) is 4.50. The number of nitrogens with zero attached hydrogens (tertiary/aromatic N) is 2. The van der Waals surface area contributed by atoms with E-state index in [1.165, 1.54) is 11.3 Å². The van der Waals surface area contributed by atoms with Crippen LogP contribution in [-0.2, 0) is 24.3 Å². The van der Waals surface area contributed by atoms with E-state index < -0.39 is 0 Å². The Kier molecular flexibility index (Phi) is 4.25. The Morgan fingerprint density at radius 1 is 1.35 bits per heavy atom. The van der Waals surface area contributed by atoms with Crippen LogP contribution < -0.4 is 4.74 Å². The molecule has 1 aromatic carbocycles. The summed E-state index contributed by atoms with van der Waals surface area (Å²) in [5, 5.41) is 8.37. The van der Waals surface area contributed by atoms with Crippen molar-refractivity contribution in [2.24, 2.45) is 0 Å².